The number of halogens is 1. The van der Waals surface area contributed by atoms with Gasteiger partial charge >= 0.3 is 0 Å². The van der Waals surface area contributed by atoms with E-state index in [1.54, 1.807) is 11.8 Å². The Kier molecular flexibility index (Phi) is 9.77. The predicted molar refractivity (Wildman–Crippen MR) is 198 cm³/mol. The van der Waals surface area contributed by atoms with Crippen LogP contribution in [0.3, 0.4) is 0 Å². The molecule has 0 saturated carbocycles. The molecule has 1 aromatic heterocycles. The Bertz CT molecular complexity index is 2760. The van der Waals surface area contributed by atoms with Crippen LogP contribution >= 0.6 is 11.6 Å². The van der Waals surface area contributed by atoms with Crippen molar-refractivity contribution in [2.24, 2.45) is 0 Å². The lowest BCUT2D eigenvalue weighted by Gasteiger charge is -2.24. The van der Waals surface area contributed by atoms with Crippen molar-refractivity contribution in [3.8, 4) is 0 Å². The highest BCUT2D eigenvalue weighted by atomic mass is 35.5. The first-order valence-electron chi connectivity index (χ1n) is 15.3. The summed E-state index contributed by atoms with van der Waals surface area (Å²) in [5, 5.41) is 5.93. The van der Waals surface area contributed by atoms with Crippen LogP contribution in [-0.2, 0) is 30.1 Å². The van der Waals surface area contributed by atoms with Crippen LogP contribution in [0, 0.1) is 0 Å². The average Bonchev–Trinajstić information content (AvgIpc) is 3.11. The van der Waals surface area contributed by atoms with Crippen molar-refractivity contribution >= 4 is 93.6 Å². The number of sulfone groups is 1. The van der Waals surface area contributed by atoms with Crippen molar-refractivity contribution in [2.45, 2.75) is 21.6 Å². The van der Waals surface area contributed by atoms with E-state index in [9.17, 15) is 43.9 Å². The molecule has 0 saturated heterocycles. The van der Waals surface area contributed by atoms with Crippen molar-refractivity contribution in [2.75, 3.05) is 27.8 Å². The highest BCUT2D eigenvalue weighted by Crippen LogP contribution is 2.41. The molecule has 1 aliphatic carbocycles. The molecule has 0 bridgehead atoms. The van der Waals surface area contributed by atoms with Gasteiger partial charge in [0, 0.05) is 34.5 Å². The third kappa shape index (κ3) is 7.12. The second-order valence-electron chi connectivity index (χ2n) is 11.4. The van der Waals surface area contributed by atoms with Crippen LogP contribution < -0.4 is 21.3 Å². The Morgan fingerprint density at radius 1 is 0.796 bits per heavy atom. The minimum atomic E-state index is -5.09. The number of rotatable bonds is 11. The number of benzene rings is 4. The molecule has 54 heavy (non-hydrogen) atoms. The van der Waals surface area contributed by atoms with E-state index < -0.39 is 73.9 Å². The molecule has 0 amide bonds. The fourth-order valence-electron chi connectivity index (χ4n) is 5.66. The summed E-state index contributed by atoms with van der Waals surface area (Å²) in [6.45, 7) is 5.37. The van der Waals surface area contributed by atoms with E-state index in [0.717, 1.165) is 23.6 Å². The summed E-state index contributed by atoms with van der Waals surface area (Å²) >= 11 is 6.21. The SMILES string of the molecule is C=CS(=O)(=O)c1ccc(N(CC)c2nc(Cl)nc(Nc3ccc(Nc4cc(S(=O)(=O)O)c(N)c5c4C(=O)c4ccccc4C5=O)c(S(=O)(=O)O)c3)n2)cc1. The number of nitrogens with zero attached hydrogens (tertiary/aromatic N) is 4. The lowest BCUT2D eigenvalue weighted by Crippen LogP contribution is -2.25. The number of nitrogens with two attached hydrogens (primary N) is 1. The van der Waals surface area contributed by atoms with Gasteiger partial charge in [-0.2, -0.15) is 31.8 Å². The zero-order chi connectivity index (χ0) is 39.3. The maximum Gasteiger partial charge on any atom is 0.296 e. The van der Waals surface area contributed by atoms with Crippen LogP contribution in [0.15, 0.2) is 99.5 Å². The highest BCUT2D eigenvalue weighted by molar-refractivity contribution is 7.94. The normalized spacial score (nSPS) is 12.8. The topological polar surface area (TPSA) is 269 Å². The summed E-state index contributed by atoms with van der Waals surface area (Å²) in [5.41, 5.74) is 3.94. The van der Waals surface area contributed by atoms with E-state index in [2.05, 4.69) is 32.2 Å². The van der Waals surface area contributed by atoms with E-state index >= 15 is 0 Å². The lowest BCUT2D eigenvalue weighted by molar-refractivity contribution is 0.0980. The van der Waals surface area contributed by atoms with Crippen LogP contribution in [0.25, 0.3) is 0 Å². The number of nitrogens with one attached hydrogen (secondary N) is 2. The maximum absolute atomic E-state index is 13.7. The van der Waals surface area contributed by atoms with Crippen LogP contribution in [0.5, 0.6) is 0 Å². The Labute approximate surface area is 313 Å². The molecule has 21 heteroatoms. The van der Waals surface area contributed by atoms with Crippen molar-refractivity contribution in [1.82, 2.24) is 15.0 Å². The number of carbonyl (C=O) groups excluding carboxylic acids is 2. The molecule has 0 atom stereocenters. The molecule has 0 fully saturated rings. The number of hydrogen-bond donors (Lipinski definition) is 5. The first-order valence-corrected chi connectivity index (χ1v) is 20.1. The number of hydrogen-bond acceptors (Lipinski definition) is 15. The zero-order valence-electron chi connectivity index (χ0n) is 27.5. The van der Waals surface area contributed by atoms with Gasteiger partial charge < -0.3 is 21.3 Å². The van der Waals surface area contributed by atoms with Gasteiger partial charge in [0.2, 0.25) is 17.2 Å². The molecule has 17 nitrogen and oxygen atoms in total. The summed E-state index contributed by atoms with van der Waals surface area (Å²) in [6, 6.07) is 15.7. The third-order valence-electron chi connectivity index (χ3n) is 8.11. The largest absolute Gasteiger partial charge is 0.397 e. The number of anilines is 7. The van der Waals surface area contributed by atoms with E-state index in [0.29, 0.717) is 5.69 Å². The highest BCUT2D eigenvalue weighted by Gasteiger charge is 2.37. The summed E-state index contributed by atoms with van der Waals surface area (Å²) < 4.78 is 94.6. The summed E-state index contributed by atoms with van der Waals surface area (Å²) in [7, 11) is -13.9. The number of ketones is 2. The summed E-state index contributed by atoms with van der Waals surface area (Å²) in [6.07, 6.45) is 0. The first-order chi connectivity index (χ1) is 25.3. The molecule has 0 spiro atoms. The molecule has 278 valence electrons. The third-order valence-corrected chi connectivity index (χ3v) is 11.4. The van der Waals surface area contributed by atoms with Gasteiger partial charge in [0.1, 0.15) is 9.79 Å². The maximum atomic E-state index is 13.7. The summed E-state index contributed by atoms with van der Waals surface area (Å²) in [5.74, 6) is -1.74. The molecule has 0 aliphatic heterocycles. The quantitative estimate of drug-likeness (QED) is 0.0856. The van der Waals surface area contributed by atoms with Crippen LogP contribution in [0.4, 0.5) is 40.3 Å². The smallest absolute Gasteiger partial charge is 0.296 e. The molecule has 4 aromatic carbocycles. The number of aromatic nitrogens is 3. The minimum absolute atomic E-state index is 0.0124. The molecule has 0 unspecified atom stereocenters. The molecule has 1 heterocycles. The lowest BCUT2D eigenvalue weighted by atomic mass is 9.82. The standard InChI is InChI=1S/C33H26ClN7O10S3/c1-3-41(18-10-12-19(13-11-18)52(44,45)4-2)33-39-31(34)38-32(40-33)36-17-9-14-22(24(15-17)53(46,47)48)37-23-16-25(54(49,50)51)28(35)27-26(23)29(42)20-7-5-6-8-21(20)30(27)43/h4-16,37H,2-3,35H2,1H3,(H,46,47,48)(H,49,50,51)(H,36,38,39,40). The van der Waals surface area contributed by atoms with Gasteiger partial charge in [-0.05, 0) is 67.1 Å². The van der Waals surface area contributed by atoms with Crippen LogP contribution in [0.2, 0.25) is 5.28 Å². The van der Waals surface area contributed by atoms with E-state index in [1.165, 1.54) is 54.6 Å². The second-order valence-corrected chi connectivity index (χ2v) is 16.4. The molecular weight excluding hydrogens is 786 g/mol. The average molecular weight is 812 g/mol. The van der Waals surface area contributed by atoms with Crippen molar-refractivity contribution in [3.63, 3.8) is 0 Å². The van der Waals surface area contributed by atoms with Gasteiger partial charge in [0.05, 0.1) is 33.1 Å². The molecular formula is C33H26ClN7O10S3. The molecule has 6 rings (SSSR count). The fourth-order valence-corrected chi connectivity index (χ4v) is 7.85. The Balaban J connectivity index is 1.39. The van der Waals surface area contributed by atoms with Gasteiger partial charge in [0.25, 0.3) is 20.2 Å². The van der Waals surface area contributed by atoms with Gasteiger partial charge in [-0.3, -0.25) is 18.7 Å². The molecule has 1 aliphatic rings. The Morgan fingerprint density at radius 2 is 1.41 bits per heavy atom. The molecule has 5 aromatic rings. The van der Waals surface area contributed by atoms with Gasteiger partial charge in [0.15, 0.2) is 21.4 Å². The monoisotopic (exact) mass is 811 g/mol. The number of nitrogen functional groups attached to an aromatic ring is 1. The molecule has 6 N–H and O–H groups in total. The fraction of sp³-hybridized carbons (Fsp3) is 0.0606. The van der Waals surface area contributed by atoms with E-state index in [-0.39, 0.29) is 51.1 Å². The minimum Gasteiger partial charge on any atom is -0.397 e. The Morgan fingerprint density at radius 3 is 1.98 bits per heavy atom. The Hall–Kier alpha value is -5.77. The van der Waals surface area contributed by atoms with E-state index in [4.69, 9.17) is 17.3 Å². The van der Waals surface area contributed by atoms with E-state index in [1.807, 2.05) is 0 Å². The number of carbonyl (C=O) groups is 2. The van der Waals surface area contributed by atoms with Crippen molar-refractivity contribution in [1.29, 1.82) is 0 Å². The predicted octanol–water partition coefficient (Wildman–Crippen LogP) is 4.94. The molecule has 0 radical (unpaired) electrons. The van der Waals surface area contributed by atoms with Crippen LogP contribution in [0.1, 0.15) is 38.8 Å². The van der Waals surface area contributed by atoms with Crippen molar-refractivity contribution < 1.29 is 43.9 Å². The first kappa shape index (κ1) is 38.0. The van der Waals surface area contributed by atoms with Gasteiger partial charge in [-0.15, -0.1) is 0 Å². The van der Waals surface area contributed by atoms with Gasteiger partial charge in [-0.1, -0.05) is 30.8 Å². The van der Waals surface area contributed by atoms with Crippen LogP contribution in [-0.4, -0.2) is 67.4 Å². The zero-order valence-corrected chi connectivity index (χ0v) is 30.8. The number of fused-ring (bicyclic) bond motifs is 2. The van der Waals surface area contributed by atoms with Crippen molar-refractivity contribution in [3.05, 3.63) is 112 Å². The van der Waals surface area contributed by atoms with Gasteiger partial charge in [-0.25, -0.2) is 8.42 Å². The summed E-state index contributed by atoms with van der Waals surface area (Å²) in [4.78, 5) is 39.6. The second kappa shape index (κ2) is 13.9.